The van der Waals surface area contributed by atoms with Crippen LogP contribution in [0.2, 0.25) is 10.0 Å². The number of aryl methyl sites for hydroxylation is 1. The van der Waals surface area contributed by atoms with Gasteiger partial charge in [0.1, 0.15) is 0 Å². The molecular formula is C35H40Cl2N4O6. The van der Waals surface area contributed by atoms with Gasteiger partial charge in [-0.3, -0.25) is 19.3 Å². The number of morpholine rings is 1. The predicted molar refractivity (Wildman–Crippen MR) is 179 cm³/mol. The number of amides is 2. The molecule has 10 nitrogen and oxygen atoms in total. The summed E-state index contributed by atoms with van der Waals surface area (Å²) in [4.78, 5) is 43.0. The van der Waals surface area contributed by atoms with Crippen molar-refractivity contribution in [2.45, 2.75) is 75.3 Å². The molecule has 2 N–H and O–H groups in total. The zero-order chi connectivity index (χ0) is 32.8. The van der Waals surface area contributed by atoms with Crippen molar-refractivity contribution in [3.05, 3.63) is 63.8 Å². The van der Waals surface area contributed by atoms with E-state index in [9.17, 15) is 19.5 Å². The first-order valence-corrected chi connectivity index (χ1v) is 17.2. The molecule has 3 aromatic rings. The van der Waals surface area contributed by atoms with Crippen molar-refractivity contribution >= 4 is 57.6 Å². The number of carboxylic acids is 1. The van der Waals surface area contributed by atoms with E-state index < -0.39 is 5.97 Å². The molecule has 1 aromatic heterocycles. The monoisotopic (exact) mass is 682 g/mol. The van der Waals surface area contributed by atoms with E-state index in [2.05, 4.69) is 10.2 Å². The van der Waals surface area contributed by atoms with Crippen LogP contribution in [0.5, 0.6) is 0 Å². The summed E-state index contributed by atoms with van der Waals surface area (Å²) in [7, 11) is 1.89. The molecular weight excluding hydrogens is 643 g/mol. The van der Waals surface area contributed by atoms with Gasteiger partial charge >= 0.3 is 5.97 Å². The first-order valence-electron chi connectivity index (χ1n) is 16.5. The minimum atomic E-state index is -0.734. The summed E-state index contributed by atoms with van der Waals surface area (Å²) in [6, 6.07) is 11.5. The lowest BCUT2D eigenvalue weighted by Gasteiger charge is -2.32. The third-order valence-electron chi connectivity index (χ3n) is 10.5. The Hall–Kier alpha value is -3.15. The minimum Gasteiger partial charge on any atom is -0.481 e. The molecule has 2 aromatic carbocycles. The Morgan fingerprint density at radius 1 is 1.02 bits per heavy atom. The van der Waals surface area contributed by atoms with Crippen LogP contribution in [-0.4, -0.2) is 93.9 Å². The third-order valence-corrected chi connectivity index (χ3v) is 11.2. The maximum Gasteiger partial charge on any atom is 0.306 e. The van der Waals surface area contributed by atoms with Crippen LogP contribution >= 0.6 is 23.2 Å². The third kappa shape index (κ3) is 6.63. The summed E-state index contributed by atoms with van der Waals surface area (Å²) in [6.45, 7) is 2.64. The highest BCUT2D eigenvalue weighted by Gasteiger charge is 2.47. The van der Waals surface area contributed by atoms with E-state index in [1.807, 2.05) is 40.8 Å². The van der Waals surface area contributed by atoms with Gasteiger partial charge in [-0.25, -0.2) is 0 Å². The molecule has 0 radical (unpaired) electrons. The fraction of sp³-hybridized carbons (Fsp3) is 0.514. The standard InChI is InChI=1S/C35H40Cl2N4O6/c1-39-17-28(27-4-2-3-5-32(27)39)34(43)38-31-14-29(36)21(10-30(31)37)11-33(42)41-15-22(40-16-26-13-24(40)19-47-26)12-23(41)18-46-25-8-6-20(7-9-25)35(44)45/h2-5,10,14,17,20,22-26H,6-9,11-13,15-16,18-19H2,1H3,(H,38,43)(H,44,45)/t20-,22-,23-,24?,25-,26?/m0/s1. The highest BCUT2D eigenvalue weighted by molar-refractivity contribution is 6.36. The summed E-state index contributed by atoms with van der Waals surface area (Å²) >= 11 is 13.4. The van der Waals surface area contributed by atoms with Crippen LogP contribution in [0, 0.1) is 5.92 Å². The van der Waals surface area contributed by atoms with Gasteiger partial charge in [-0.15, -0.1) is 0 Å². The Kier molecular flexibility index (Phi) is 9.23. The Balaban J connectivity index is 1.03. The number of para-hydroxylation sites is 1. The van der Waals surface area contributed by atoms with Crippen molar-refractivity contribution < 1.29 is 29.0 Å². The molecule has 250 valence electrons. The summed E-state index contributed by atoms with van der Waals surface area (Å²) in [5.74, 6) is -1.39. The average molecular weight is 684 g/mol. The second-order valence-corrected chi connectivity index (χ2v) is 14.3. The molecule has 4 fully saturated rings. The van der Waals surface area contributed by atoms with Gasteiger partial charge in [-0.2, -0.15) is 0 Å². The molecule has 2 unspecified atom stereocenters. The van der Waals surface area contributed by atoms with Gasteiger partial charge in [0.2, 0.25) is 5.91 Å². The smallest absolute Gasteiger partial charge is 0.306 e. The van der Waals surface area contributed by atoms with E-state index in [-0.39, 0.29) is 48.4 Å². The Labute approximate surface area is 283 Å². The fourth-order valence-corrected chi connectivity index (χ4v) is 8.46. The van der Waals surface area contributed by atoms with Gasteiger partial charge in [0.05, 0.1) is 60.1 Å². The van der Waals surface area contributed by atoms with E-state index in [4.69, 9.17) is 32.7 Å². The highest BCUT2D eigenvalue weighted by atomic mass is 35.5. The fourth-order valence-electron chi connectivity index (χ4n) is 7.99. The second-order valence-electron chi connectivity index (χ2n) is 13.5. The van der Waals surface area contributed by atoms with Crippen LogP contribution in [0.1, 0.15) is 54.4 Å². The van der Waals surface area contributed by atoms with Gasteiger partial charge in [-0.05, 0) is 62.3 Å². The first-order chi connectivity index (χ1) is 22.6. The van der Waals surface area contributed by atoms with E-state index in [1.165, 1.54) is 0 Å². The maximum atomic E-state index is 13.9. The van der Waals surface area contributed by atoms with Crippen LogP contribution in [-0.2, 0) is 32.5 Å². The van der Waals surface area contributed by atoms with Crippen molar-refractivity contribution in [1.82, 2.24) is 14.4 Å². The summed E-state index contributed by atoms with van der Waals surface area (Å²) in [5.41, 5.74) is 2.44. The molecule has 4 heterocycles. The summed E-state index contributed by atoms with van der Waals surface area (Å²) in [6.07, 6.45) is 6.63. The molecule has 3 saturated heterocycles. The van der Waals surface area contributed by atoms with E-state index in [0.717, 1.165) is 36.9 Å². The molecule has 2 bridgehead atoms. The Morgan fingerprint density at radius 3 is 2.53 bits per heavy atom. The Morgan fingerprint density at radius 2 is 1.81 bits per heavy atom. The highest BCUT2D eigenvalue weighted by Crippen LogP contribution is 2.36. The van der Waals surface area contributed by atoms with Gasteiger partial charge < -0.3 is 29.4 Å². The van der Waals surface area contributed by atoms with Crippen molar-refractivity contribution in [3.8, 4) is 0 Å². The molecule has 12 heteroatoms. The maximum absolute atomic E-state index is 13.9. The molecule has 1 aliphatic carbocycles. The van der Waals surface area contributed by atoms with Gasteiger partial charge in [0.15, 0.2) is 0 Å². The van der Waals surface area contributed by atoms with Crippen LogP contribution in [0.4, 0.5) is 5.69 Å². The number of carbonyl (C=O) groups is 3. The largest absolute Gasteiger partial charge is 0.481 e. The molecule has 7 rings (SSSR count). The van der Waals surface area contributed by atoms with Gasteiger partial charge in [0.25, 0.3) is 5.91 Å². The van der Waals surface area contributed by atoms with Crippen LogP contribution < -0.4 is 5.32 Å². The number of rotatable bonds is 9. The second kappa shape index (κ2) is 13.4. The van der Waals surface area contributed by atoms with Crippen LogP contribution in [0.25, 0.3) is 10.9 Å². The topological polar surface area (TPSA) is 113 Å². The van der Waals surface area contributed by atoms with E-state index in [0.29, 0.717) is 71.7 Å². The number of nitrogens with one attached hydrogen (secondary N) is 1. The molecule has 2 amide bonds. The normalized spacial score (nSPS) is 27.5. The van der Waals surface area contributed by atoms with Crippen molar-refractivity contribution in [2.24, 2.45) is 13.0 Å². The SMILES string of the molecule is Cn1cc(C(=O)Nc2cc(Cl)c(CC(=O)N3C[C@@H](N4CC5CC4CO5)C[C@H]3CO[C@H]3CC[C@H](C(=O)O)CC3)cc2Cl)c2ccccc21. The predicted octanol–water partition coefficient (Wildman–Crippen LogP) is 5.38. The summed E-state index contributed by atoms with van der Waals surface area (Å²) in [5, 5.41) is 13.7. The number of fused-ring (bicyclic) bond motifs is 3. The number of carboxylic acid groups (broad SMARTS) is 1. The van der Waals surface area contributed by atoms with E-state index >= 15 is 0 Å². The number of carbonyl (C=O) groups excluding carboxylic acids is 2. The van der Waals surface area contributed by atoms with Crippen molar-refractivity contribution in [2.75, 3.05) is 31.6 Å². The number of aliphatic carboxylic acids is 1. The molecule has 0 spiro atoms. The molecule has 47 heavy (non-hydrogen) atoms. The number of hydrogen-bond donors (Lipinski definition) is 2. The number of ether oxygens (including phenoxy) is 2. The zero-order valence-electron chi connectivity index (χ0n) is 26.4. The number of anilines is 1. The summed E-state index contributed by atoms with van der Waals surface area (Å²) < 4.78 is 14.1. The lowest BCUT2D eigenvalue weighted by atomic mass is 9.87. The minimum absolute atomic E-state index is 0.00248. The molecule has 4 aliphatic rings. The van der Waals surface area contributed by atoms with Crippen molar-refractivity contribution in [3.63, 3.8) is 0 Å². The molecule has 4 atom stereocenters. The number of halogens is 2. The Bertz CT molecular complexity index is 1690. The molecule has 1 saturated carbocycles. The number of nitrogens with zero attached hydrogens (tertiary/aromatic N) is 3. The number of aromatic nitrogens is 1. The lowest BCUT2D eigenvalue weighted by molar-refractivity contribution is -0.144. The lowest BCUT2D eigenvalue weighted by Crippen LogP contribution is -2.46. The van der Waals surface area contributed by atoms with Crippen LogP contribution in [0.3, 0.4) is 0 Å². The zero-order valence-corrected chi connectivity index (χ0v) is 27.9. The molecule has 3 aliphatic heterocycles. The average Bonchev–Trinajstić information content (AvgIpc) is 3.86. The van der Waals surface area contributed by atoms with Gasteiger partial charge in [-0.1, -0.05) is 41.4 Å². The number of benzene rings is 2. The van der Waals surface area contributed by atoms with Gasteiger partial charge in [0, 0.05) is 54.3 Å². The van der Waals surface area contributed by atoms with Crippen LogP contribution in [0.15, 0.2) is 42.6 Å². The number of likely N-dealkylation sites (tertiary alicyclic amines) is 2. The van der Waals surface area contributed by atoms with E-state index in [1.54, 1.807) is 18.3 Å². The van der Waals surface area contributed by atoms with Crippen molar-refractivity contribution in [1.29, 1.82) is 0 Å². The first kappa shape index (κ1) is 32.4. The number of hydrogen-bond acceptors (Lipinski definition) is 6. The quantitative estimate of drug-likeness (QED) is 0.312.